The summed E-state index contributed by atoms with van der Waals surface area (Å²) < 4.78 is 0. The maximum Gasteiger partial charge on any atom is 0.138 e. The molecule has 0 saturated heterocycles. The Morgan fingerprint density at radius 2 is 1.59 bits per heavy atom. The molecule has 0 fully saturated rings. The first-order valence-electron chi connectivity index (χ1n) is 5.51. The van der Waals surface area contributed by atoms with Gasteiger partial charge in [0, 0.05) is 11.8 Å². The van der Waals surface area contributed by atoms with Gasteiger partial charge in [-0.25, -0.2) is 4.98 Å². The number of H-pyrrole nitrogens is 1. The van der Waals surface area contributed by atoms with Gasteiger partial charge in [0.05, 0.1) is 0 Å². The van der Waals surface area contributed by atoms with E-state index in [2.05, 4.69) is 40.4 Å². The summed E-state index contributed by atoms with van der Waals surface area (Å²) in [5.74, 6) is 0.850. The van der Waals surface area contributed by atoms with Crippen molar-refractivity contribution < 1.29 is 0 Å². The molecule has 1 N–H and O–H groups in total. The third-order valence-electron chi connectivity index (χ3n) is 2.69. The number of hydrogen-bond acceptors (Lipinski definition) is 1. The minimum atomic E-state index is 0.850. The molecule has 0 unspecified atom stereocenters. The van der Waals surface area contributed by atoms with Crippen molar-refractivity contribution in [2.24, 2.45) is 0 Å². The highest BCUT2D eigenvalue weighted by Crippen LogP contribution is 2.23. The van der Waals surface area contributed by atoms with Gasteiger partial charge in [-0.15, -0.1) is 0 Å². The van der Waals surface area contributed by atoms with Crippen LogP contribution in [0.1, 0.15) is 0 Å². The van der Waals surface area contributed by atoms with E-state index in [1.807, 2.05) is 30.3 Å². The van der Waals surface area contributed by atoms with Gasteiger partial charge in [0.1, 0.15) is 12.0 Å². The second-order valence-corrected chi connectivity index (χ2v) is 3.83. The van der Waals surface area contributed by atoms with E-state index in [9.17, 15) is 0 Å². The average Bonchev–Trinajstić information content (AvgIpc) is 2.94. The number of aromatic nitrogens is 2. The lowest BCUT2D eigenvalue weighted by Gasteiger charge is -2.03. The zero-order valence-electron chi connectivity index (χ0n) is 9.22. The van der Waals surface area contributed by atoms with Crippen molar-refractivity contribution in [3.63, 3.8) is 0 Å². The van der Waals surface area contributed by atoms with Gasteiger partial charge < -0.3 is 4.98 Å². The van der Waals surface area contributed by atoms with Crippen LogP contribution in [0.25, 0.3) is 22.5 Å². The third kappa shape index (κ3) is 1.97. The fourth-order valence-electron chi connectivity index (χ4n) is 1.85. The molecular weight excluding hydrogens is 208 g/mol. The van der Waals surface area contributed by atoms with Gasteiger partial charge in [-0.2, -0.15) is 0 Å². The van der Waals surface area contributed by atoms with Crippen molar-refractivity contribution in [3.8, 4) is 22.5 Å². The Bertz CT molecular complexity index is 598. The number of nitrogens with one attached hydrogen (secondary N) is 1. The number of aromatic amines is 1. The molecule has 0 bridgehead atoms. The monoisotopic (exact) mass is 219 g/mol. The van der Waals surface area contributed by atoms with Gasteiger partial charge in [-0.1, -0.05) is 48.5 Å². The predicted octanol–water partition coefficient (Wildman–Crippen LogP) is 3.54. The molecule has 1 heterocycles. The molecule has 1 aromatic heterocycles. The number of imidazole rings is 1. The van der Waals surface area contributed by atoms with Crippen LogP contribution in [0.4, 0.5) is 0 Å². The molecule has 0 saturated carbocycles. The van der Waals surface area contributed by atoms with E-state index in [1.54, 1.807) is 6.20 Å². The highest BCUT2D eigenvalue weighted by molar-refractivity contribution is 5.69. The Morgan fingerprint density at radius 3 is 2.35 bits per heavy atom. The first-order valence-corrected chi connectivity index (χ1v) is 5.51. The fourth-order valence-corrected chi connectivity index (χ4v) is 1.85. The molecule has 0 aliphatic rings. The summed E-state index contributed by atoms with van der Waals surface area (Å²) in [5, 5.41) is 0. The van der Waals surface area contributed by atoms with Gasteiger partial charge in [-0.3, -0.25) is 0 Å². The van der Waals surface area contributed by atoms with Crippen LogP contribution in [0.2, 0.25) is 0 Å². The van der Waals surface area contributed by atoms with E-state index in [0.29, 0.717) is 0 Å². The average molecular weight is 219 g/mol. The predicted molar refractivity (Wildman–Crippen MR) is 68.3 cm³/mol. The summed E-state index contributed by atoms with van der Waals surface area (Å²) in [6.45, 7) is 0. The Kier molecular flexibility index (Phi) is 2.47. The van der Waals surface area contributed by atoms with Crippen LogP contribution < -0.4 is 0 Å². The van der Waals surface area contributed by atoms with E-state index >= 15 is 0 Å². The summed E-state index contributed by atoms with van der Waals surface area (Å²) >= 11 is 0. The zero-order chi connectivity index (χ0) is 11.5. The smallest absolute Gasteiger partial charge is 0.138 e. The molecule has 2 aromatic carbocycles. The van der Waals surface area contributed by atoms with Crippen molar-refractivity contribution in [3.05, 3.63) is 67.0 Å². The van der Waals surface area contributed by atoms with E-state index < -0.39 is 0 Å². The van der Waals surface area contributed by atoms with Crippen LogP contribution in [0.5, 0.6) is 0 Å². The summed E-state index contributed by atoms with van der Waals surface area (Å²) in [4.78, 5) is 7.21. The molecule has 1 radical (unpaired) electrons. The lowest BCUT2D eigenvalue weighted by molar-refractivity contribution is 1.31. The van der Waals surface area contributed by atoms with Gasteiger partial charge in [0.15, 0.2) is 0 Å². The number of benzene rings is 2. The Labute approximate surface area is 100.0 Å². The minimum Gasteiger partial charge on any atom is -0.344 e. The van der Waals surface area contributed by atoms with Crippen molar-refractivity contribution in [2.45, 2.75) is 0 Å². The number of hydrogen-bond donors (Lipinski definition) is 1. The van der Waals surface area contributed by atoms with Crippen LogP contribution in [0.3, 0.4) is 0 Å². The summed E-state index contributed by atoms with van der Waals surface area (Å²) in [6.07, 6.45) is 4.49. The summed E-state index contributed by atoms with van der Waals surface area (Å²) in [7, 11) is 0. The summed E-state index contributed by atoms with van der Waals surface area (Å²) in [5.41, 5.74) is 3.48. The standard InChI is InChI=1S/C15H11N2/c1-2-5-12(6-3-1)13-7-4-8-14(11-13)15-16-9-10-17-15/h1-9,11H,(H,16,17). The van der Waals surface area contributed by atoms with Gasteiger partial charge >= 0.3 is 0 Å². The lowest BCUT2D eigenvalue weighted by atomic mass is 10.0. The van der Waals surface area contributed by atoms with Crippen molar-refractivity contribution in [1.82, 2.24) is 9.97 Å². The van der Waals surface area contributed by atoms with Crippen molar-refractivity contribution in [2.75, 3.05) is 0 Å². The van der Waals surface area contributed by atoms with Crippen LogP contribution in [-0.2, 0) is 0 Å². The fraction of sp³-hybridized carbons (Fsp3) is 0. The molecule has 2 nitrogen and oxygen atoms in total. The van der Waals surface area contributed by atoms with Crippen molar-refractivity contribution >= 4 is 0 Å². The SMILES string of the molecule is [c]1c[nH]c(-c2cccc(-c3ccccc3)c2)n1. The van der Waals surface area contributed by atoms with E-state index in [-0.39, 0.29) is 0 Å². The largest absolute Gasteiger partial charge is 0.344 e. The lowest BCUT2D eigenvalue weighted by Crippen LogP contribution is -1.82. The minimum absolute atomic E-state index is 0.850. The quantitative estimate of drug-likeness (QED) is 0.701. The second kappa shape index (κ2) is 4.26. The van der Waals surface area contributed by atoms with Gasteiger partial charge in [0.25, 0.3) is 0 Å². The maximum atomic E-state index is 4.14. The molecule has 3 rings (SSSR count). The Balaban J connectivity index is 2.06. The highest BCUT2D eigenvalue weighted by Gasteiger charge is 2.02. The number of rotatable bonds is 2. The van der Waals surface area contributed by atoms with E-state index in [4.69, 9.17) is 0 Å². The van der Waals surface area contributed by atoms with Crippen LogP contribution in [0.15, 0.2) is 60.8 Å². The normalized spacial score (nSPS) is 10.4. The van der Waals surface area contributed by atoms with Crippen LogP contribution >= 0.6 is 0 Å². The molecule has 0 atom stereocenters. The first-order chi connectivity index (χ1) is 8.43. The molecule has 81 valence electrons. The second-order valence-electron chi connectivity index (χ2n) is 3.83. The molecule has 0 aliphatic carbocycles. The number of nitrogens with zero attached hydrogens (tertiary/aromatic N) is 1. The summed E-state index contributed by atoms with van der Waals surface area (Å²) in [6, 6.07) is 18.6. The van der Waals surface area contributed by atoms with E-state index in [0.717, 1.165) is 11.4 Å². The van der Waals surface area contributed by atoms with Crippen LogP contribution in [-0.4, -0.2) is 9.97 Å². The Morgan fingerprint density at radius 1 is 0.824 bits per heavy atom. The van der Waals surface area contributed by atoms with Crippen molar-refractivity contribution in [1.29, 1.82) is 0 Å². The molecule has 3 aromatic rings. The topological polar surface area (TPSA) is 28.7 Å². The van der Waals surface area contributed by atoms with E-state index in [1.165, 1.54) is 11.1 Å². The van der Waals surface area contributed by atoms with Crippen LogP contribution in [0, 0.1) is 6.20 Å². The van der Waals surface area contributed by atoms with Gasteiger partial charge in [0.2, 0.25) is 0 Å². The zero-order valence-corrected chi connectivity index (χ0v) is 9.22. The molecule has 0 amide bonds. The Hall–Kier alpha value is -2.35. The molecular formula is C15H11N2. The highest BCUT2D eigenvalue weighted by atomic mass is 14.9. The maximum absolute atomic E-state index is 4.14. The molecule has 2 heteroatoms. The third-order valence-corrected chi connectivity index (χ3v) is 2.69. The molecule has 0 aliphatic heterocycles. The molecule has 17 heavy (non-hydrogen) atoms. The van der Waals surface area contributed by atoms with Gasteiger partial charge in [-0.05, 0) is 17.2 Å². The molecule has 0 spiro atoms. The first kappa shape index (κ1) is 9.85.